The number of nitriles is 1. The van der Waals surface area contributed by atoms with Crippen LogP contribution in [0.1, 0.15) is 21.5 Å². The Morgan fingerprint density at radius 2 is 1.55 bits per heavy atom. The molecule has 3 rings (SSSR count). The van der Waals surface area contributed by atoms with Gasteiger partial charge in [-0.05, 0) is 29.8 Å². The molecule has 0 saturated carbocycles. The predicted molar refractivity (Wildman–Crippen MR) is 112 cm³/mol. The van der Waals surface area contributed by atoms with Crippen LogP contribution in [-0.2, 0) is 11.2 Å². The molecule has 29 heavy (non-hydrogen) atoms. The van der Waals surface area contributed by atoms with Gasteiger partial charge in [0.15, 0.2) is 0 Å². The molecule has 0 aromatic heterocycles. The van der Waals surface area contributed by atoms with Gasteiger partial charge in [-0.15, -0.1) is 0 Å². The van der Waals surface area contributed by atoms with E-state index in [4.69, 9.17) is 5.73 Å². The van der Waals surface area contributed by atoms with Gasteiger partial charge in [0.2, 0.25) is 5.91 Å². The molecule has 0 aliphatic heterocycles. The van der Waals surface area contributed by atoms with E-state index in [9.17, 15) is 14.9 Å². The van der Waals surface area contributed by atoms with Crippen molar-refractivity contribution in [1.82, 2.24) is 5.32 Å². The molecular formula is C23H19N3O2S. The summed E-state index contributed by atoms with van der Waals surface area (Å²) >= 11 is 1.33. The number of primary amides is 1. The number of carbonyl (C=O) groups is 2. The quantitative estimate of drug-likeness (QED) is 0.633. The lowest BCUT2D eigenvalue weighted by Crippen LogP contribution is -2.46. The molecule has 0 aliphatic rings. The third kappa shape index (κ3) is 5.24. The zero-order valence-corrected chi connectivity index (χ0v) is 16.4. The molecule has 144 valence electrons. The van der Waals surface area contributed by atoms with Gasteiger partial charge < -0.3 is 11.1 Å². The number of carbonyl (C=O) groups excluding carboxylic acids is 2. The van der Waals surface area contributed by atoms with Crippen molar-refractivity contribution in [2.45, 2.75) is 22.3 Å². The number of amides is 2. The molecule has 1 atom stereocenters. The number of benzene rings is 3. The van der Waals surface area contributed by atoms with E-state index >= 15 is 0 Å². The Labute approximate surface area is 173 Å². The Bertz CT molecular complexity index is 1060. The summed E-state index contributed by atoms with van der Waals surface area (Å²) in [5, 5.41) is 12.0. The summed E-state index contributed by atoms with van der Waals surface area (Å²) in [6, 6.07) is 25.0. The van der Waals surface area contributed by atoms with Gasteiger partial charge in [-0.1, -0.05) is 66.4 Å². The van der Waals surface area contributed by atoms with Crippen LogP contribution in [0.25, 0.3) is 0 Å². The highest BCUT2D eigenvalue weighted by molar-refractivity contribution is 7.99. The average molecular weight is 401 g/mol. The van der Waals surface area contributed by atoms with Crippen molar-refractivity contribution >= 4 is 23.6 Å². The van der Waals surface area contributed by atoms with Crippen molar-refractivity contribution in [2.24, 2.45) is 5.73 Å². The molecule has 6 heteroatoms. The SMILES string of the molecule is N#Cc1ccccc1Sc1ccccc1C(=O)N[C@@H](Cc1ccccc1)C(N)=O. The Kier molecular flexibility index (Phi) is 6.67. The van der Waals surface area contributed by atoms with E-state index in [0.29, 0.717) is 22.4 Å². The average Bonchev–Trinajstić information content (AvgIpc) is 2.74. The lowest BCUT2D eigenvalue weighted by molar-refractivity contribution is -0.119. The first-order chi connectivity index (χ1) is 14.1. The van der Waals surface area contributed by atoms with Gasteiger partial charge in [0.05, 0.1) is 11.1 Å². The van der Waals surface area contributed by atoms with Crippen LogP contribution in [-0.4, -0.2) is 17.9 Å². The third-order valence-electron chi connectivity index (χ3n) is 4.29. The molecule has 0 aliphatic carbocycles. The monoisotopic (exact) mass is 401 g/mol. The van der Waals surface area contributed by atoms with Crippen LogP contribution in [0.3, 0.4) is 0 Å². The van der Waals surface area contributed by atoms with Gasteiger partial charge in [-0.25, -0.2) is 0 Å². The highest BCUT2D eigenvalue weighted by Crippen LogP contribution is 2.32. The number of nitrogens with one attached hydrogen (secondary N) is 1. The van der Waals surface area contributed by atoms with Crippen LogP contribution in [0.5, 0.6) is 0 Å². The molecule has 5 nitrogen and oxygen atoms in total. The van der Waals surface area contributed by atoms with E-state index in [1.165, 1.54) is 11.8 Å². The standard InChI is InChI=1S/C23H19N3O2S/c24-15-17-10-4-6-12-20(17)29-21-13-7-5-11-18(21)23(28)26-19(22(25)27)14-16-8-2-1-3-9-16/h1-13,19H,14H2,(H2,25,27)(H,26,28)/t19-/m0/s1. The number of nitrogens with zero attached hydrogens (tertiary/aromatic N) is 1. The molecule has 0 unspecified atom stereocenters. The van der Waals surface area contributed by atoms with Crippen molar-refractivity contribution < 1.29 is 9.59 Å². The van der Waals surface area contributed by atoms with E-state index in [-0.39, 0.29) is 5.91 Å². The number of hydrogen-bond acceptors (Lipinski definition) is 4. The third-order valence-corrected chi connectivity index (χ3v) is 5.44. The minimum atomic E-state index is -0.825. The van der Waals surface area contributed by atoms with Crippen LogP contribution in [0.4, 0.5) is 0 Å². The summed E-state index contributed by atoms with van der Waals surface area (Å²) in [5.41, 5.74) is 7.38. The molecule has 0 heterocycles. The van der Waals surface area contributed by atoms with Gasteiger partial charge in [0, 0.05) is 16.2 Å². The van der Waals surface area contributed by atoms with E-state index in [1.54, 1.807) is 24.3 Å². The van der Waals surface area contributed by atoms with E-state index in [0.717, 1.165) is 10.5 Å². The normalized spacial score (nSPS) is 11.3. The number of hydrogen-bond donors (Lipinski definition) is 2. The largest absolute Gasteiger partial charge is 0.368 e. The number of rotatable bonds is 7. The minimum absolute atomic E-state index is 0.314. The summed E-state index contributed by atoms with van der Waals surface area (Å²) in [7, 11) is 0. The highest BCUT2D eigenvalue weighted by atomic mass is 32.2. The van der Waals surface area contributed by atoms with Crippen LogP contribution in [0.2, 0.25) is 0 Å². The molecule has 0 saturated heterocycles. The Morgan fingerprint density at radius 1 is 0.931 bits per heavy atom. The molecular weight excluding hydrogens is 382 g/mol. The first-order valence-corrected chi connectivity index (χ1v) is 9.80. The van der Waals surface area contributed by atoms with Crippen LogP contribution < -0.4 is 11.1 Å². The fraction of sp³-hybridized carbons (Fsp3) is 0.0870. The molecule has 0 fully saturated rings. The fourth-order valence-electron chi connectivity index (χ4n) is 2.82. The minimum Gasteiger partial charge on any atom is -0.368 e. The van der Waals surface area contributed by atoms with E-state index < -0.39 is 11.9 Å². The Hall–Kier alpha value is -3.56. The zero-order chi connectivity index (χ0) is 20.6. The summed E-state index contributed by atoms with van der Waals surface area (Å²) in [5.74, 6) is -0.982. The van der Waals surface area contributed by atoms with Gasteiger partial charge in [0.25, 0.3) is 5.91 Å². The van der Waals surface area contributed by atoms with Crippen LogP contribution >= 0.6 is 11.8 Å². The second-order valence-electron chi connectivity index (χ2n) is 6.32. The molecule has 0 radical (unpaired) electrons. The second-order valence-corrected chi connectivity index (χ2v) is 7.41. The Morgan fingerprint density at radius 3 is 2.24 bits per heavy atom. The lowest BCUT2D eigenvalue weighted by atomic mass is 10.0. The van der Waals surface area contributed by atoms with Crippen molar-refractivity contribution in [2.75, 3.05) is 0 Å². The van der Waals surface area contributed by atoms with Gasteiger partial charge in [-0.2, -0.15) is 5.26 Å². The molecule has 3 aromatic rings. The van der Waals surface area contributed by atoms with Gasteiger partial charge >= 0.3 is 0 Å². The number of nitrogens with two attached hydrogens (primary N) is 1. The predicted octanol–water partition coefficient (Wildman–Crippen LogP) is 3.54. The topological polar surface area (TPSA) is 96.0 Å². The van der Waals surface area contributed by atoms with Crippen LogP contribution in [0.15, 0.2) is 88.7 Å². The highest BCUT2D eigenvalue weighted by Gasteiger charge is 2.21. The summed E-state index contributed by atoms with van der Waals surface area (Å²) < 4.78 is 0. The van der Waals surface area contributed by atoms with Gasteiger partial charge in [-0.3, -0.25) is 9.59 Å². The van der Waals surface area contributed by atoms with Crippen molar-refractivity contribution in [1.29, 1.82) is 5.26 Å². The van der Waals surface area contributed by atoms with Crippen molar-refractivity contribution in [3.8, 4) is 6.07 Å². The first-order valence-electron chi connectivity index (χ1n) is 8.98. The van der Waals surface area contributed by atoms with E-state index in [1.807, 2.05) is 54.6 Å². The molecule has 0 spiro atoms. The molecule has 2 amide bonds. The van der Waals surface area contributed by atoms with Crippen molar-refractivity contribution in [3.63, 3.8) is 0 Å². The summed E-state index contributed by atoms with van der Waals surface area (Å²) in [6.07, 6.45) is 0.314. The van der Waals surface area contributed by atoms with Crippen LogP contribution in [0, 0.1) is 11.3 Å². The summed E-state index contributed by atoms with van der Waals surface area (Å²) in [6.45, 7) is 0. The Balaban J connectivity index is 1.82. The molecule has 3 aromatic carbocycles. The fourth-order valence-corrected chi connectivity index (χ4v) is 3.84. The molecule has 0 bridgehead atoms. The second kappa shape index (κ2) is 9.58. The maximum absolute atomic E-state index is 12.9. The van der Waals surface area contributed by atoms with E-state index in [2.05, 4.69) is 11.4 Å². The maximum atomic E-state index is 12.9. The zero-order valence-electron chi connectivity index (χ0n) is 15.5. The summed E-state index contributed by atoms with van der Waals surface area (Å²) in [4.78, 5) is 26.3. The van der Waals surface area contributed by atoms with Gasteiger partial charge in [0.1, 0.15) is 12.1 Å². The maximum Gasteiger partial charge on any atom is 0.253 e. The first kappa shape index (κ1) is 20.2. The van der Waals surface area contributed by atoms with Crippen molar-refractivity contribution in [3.05, 3.63) is 95.6 Å². The molecule has 3 N–H and O–H groups in total. The smallest absolute Gasteiger partial charge is 0.253 e. The lowest BCUT2D eigenvalue weighted by Gasteiger charge is -2.17.